The van der Waals surface area contributed by atoms with Gasteiger partial charge in [-0.1, -0.05) is 0 Å². The molecule has 4 nitrogen and oxygen atoms in total. The zero-order valence-electron chi connectivity index (χ0n) is 11.8. The lowest BCUT2D eigenvalue weighted by molar-refractivity contribution is 0.156. The normalized spacial score (nSPS) is 26.1. The van der Waals surface area contributed by atoms with Gasteiger partial charge in [0, 0.05) is 38.7 Å². The Bertz CT molecular complexity index is 443. The van der Waals surface area contributed by atoms with Gasteiger partial charge in [0.1, 0.15) is 0 Å². The first-order chi connectivity index (χ1) is 9.31. The number of likely N-dealkylation sites (tertiary alicyclic amines) is 1. The quantitative estimate of drug-likeness (QED) is 0.465. The van der Waals surface area contributed by atoms with Gasteiger partial charge in [-0.15, -0.1) is 24.0 Å². The Hall–Kier alpha value is -0.340. The highest BCUT2D eigenvalue weighted by atomic mass is 127. The number of hydrogen-bond donors (Lipinski definition) is 1. The Kier molecular flexibility index (Phi) is 5.68. The highest BCUT2D eigenvalue weighted by Crippen LogP contribution is 2.38. The van der Waals surface area contributed by atoms with Crippen molar-refractivity contribution in [2.75, 3.05) is 33.4 Å². The molecule has 0 amide bonds. The minimum Gasteiger partial charge on any atom is -0.381 e. The monoisotopic (exact) mass is 407 g/mol. The van der Waals surface area contributed by atoms with Crippen molar-refractivity contribution in [3.63, 3.8) is 0 Å². The number of halogens is 1. The summed E-state index contributed by atoms with van der Waals surface area (Å²) in [7, 11) is 1.87. The maximum Gasteiger partial charge on any atom is 0.193 e. The highest BCUT2D eigenvalue weighted by molar-refractivity contribution is 14.0. The second-order valence-electron chi connectivity index (χ2n) is 5.51. The van der Waals surface area contributed by atoms with E-state index in [9.17, 15) is 0 Å². The number of ether oxygens (including phenoxy) is 1. The van der Waals surface area contributed by atoms with Gasteiger partial charge in [-0.3, -0.25) is 4.99 Å². The molecule has 20 heavy (non-hydrogen) atoms. The van der Waals surface area contributed by atoms with Crippen LogP contribution in [0.3, 0.4) is 0 Å². The van der Waals surface area contributed by atoms with Crippen LogP contribution in [0.5, 0.6) is 0 Å². The predicted octanol–water partition coefficient (Wildman–Crippen LogP) is 2.55. The van der Waals surface area contributed by atoms with E-state index in [1.165, 1.54) is 18.4 Å². The number of thiophene rings is 1. The van der Waals surface area contributed by atoms with Crippen LogP contribution in [0, 0.1) is 5.41 Å². The number of rotatable bonds is 2. The van der Waals surface area contributed by atoms with Crippen molar-refractivity contribution in [2.24, 2.45) is 10.4 Å². The van der Waals surface area contributed by atoms with E-state index in [-0.39, 0.29) is 24.0 Å². The van der Waals surface area contributed by atoms with Crippen LogP contribution in [-0.4, -0.2) is 44.2 Å². The number of nitrogens with zero attached hydrogens (tertiary/aromatic N) is 2. The number of hydrogen-bond acceptors (Lipinski definition) is 3. The van der Waals surface area contributed by atoms with Gasteiger partial charge < -0.3 is 15.0 Å². The summed E-state index contributed by atoms with van der Waals surface area (Å²) >= 11 is 1.74. The van der Waals surface area contributed by atoms with Crippen molar-refractivity contribution < 1.29 is 4.74 Å². The van der Waals surface area contributed by atoms with E-state index in [4.69, 9.17) is 4.74 Å². The zero-order valence-corrected chi connectivity index (χ0v) is 14.9. The molecule has 0 bridgehead atoms. The van der Waals surface area contributed by atoms with Gasteiger partial charge in [0.2, 0.25) is 0 Å². The Labute approximate surface area is 141 Å². The first-order valence-corrected chi connectivity index (χ1v) is 7.80. The van der Waals surface area contributed by atoms with Crippen molar-refractivity contribution in [3.05, 3.63) is 22.4 Å². The molecule has 3 heterocycles. The van der Waals surface area contributed by atoms with E-state index < -0.39 is 0 Å². The maximum atomic E-state index is 5.58. The van der Waals surface area contributed by atoms with Crippen LogP contribution in [0.1, 0.15) is 18.4 Å². The van der Waals surface area contributed by atoms with Gasteiger partial charge >= 0.3 is 0 Å². The van der Waals surface area contributed by atoms with Crippen LogP contribution < -0.4 is 5.32 Å². The molecule has 2 aliphatic rings. The summed E-state index contributed by atoms with van der Waals surface area (Å²) in [6.07, 6.45) is 2.43. The Morgan fingerprint density at radius 3 is 3.10 bits per heavy atom. The molecule has 1 aromatic rings. The lowest BCUT2D eigenvalue weighted by Gasteiger charge is -2.24. The van der Waals surface area contributed by atoms with E-state index in [1.54, 1.807) is 11.3 Å². The molecule has 0 saturated carbocycles. The molecule has 1 atom stereocenters. The summed E-state index contributed by atoms with van der Waals surface area (Å²) in [6, 6.07) is 2.15. The van der Waals surface area contributed by atoms with Crippen molar-refractivity contribution in [1.29, 1.82) is 0 Å². The molecule has 2 fully saturated rings. The smallest absolute Gasteiger partial charge is 0.193 e. The van der Waals surface area contributed by atoms with Crippen molar-refractivity contribution >= 4 is 41.3 Å². The lowest BCUT2D eigenvalue weighted by atomic mass is 9.87. The zero-order chi connectivity index (χ0) is 13.1. The van der Waals surface area contributed by atoms with E-state index in [1.807, 2.05) is 7.05 Å². The van der Waals surface area contributed by atoms with Crippen molar-refractivity contribution in [1.82, 2.24) is 10.2 Å². The van der Waals surface area contributed by atoms with E-state index in [0.717, 1.165) is 38.8 Å². The Morgan fingerprint density at radius 1 is 1.55 bits per heavy atom. The molecule has 1 unspecified atom stereocenters. The molecule has 1 N–H and O–H groups in total. The first-order valence-electron chi connectivity index (χ1n) is 6.86. The molecule has 2 aliphatic heterocycles. The molecule has 0 aliphatic carbocycles. The molecule has 0 radical (unpaired) electrons. The minimum absolute atomic E-state index is 0. The summed E-state index contributed by atoms with van der Waals surface area (Å²) in [6.45, 7) is 4.87. The molecular formula is C14H22IN3OS. The molecule has 1 aromatic heterocycles. The van der Waals surface area contributed by atoms with Crippen LogP contribution >= 0.6 is 35.3 Å². The van der Waals surface area contributed by atoms with Crippen LogP contribution in [0.15, 0.2) is 21.8 Å². The fourth-order valence-electron chi connectivity index (χ4n) is 2.99. The summed E-state index contributed by atoms with van der Waals surface area (Å²) in [5.41, 5.74) is 1.71. The topological polar surface area (TPSA) is 36.9 Å². The number of guanidine groups is 1. The highest BCUT2D eigenvalue weighted by Gasteiger charge is 2.42. The van der Waals surface area contributed by atoms with Gasteiger partial charge in [0.15, 0.2) is 5.96 Å². The third kappa shape index (κ3) is 3.46. The number of aliphatic imine (C=N–C) groups is 1. The van der Waals surface area contributed by atoms with Gasteiger partial charge in [-0.2, -0.15) is 11.3 Å². The summed E-state index contributed by atoms with van der Waals surface area (Å²) in [4.78, 5) is 6.79. The second-order valence-corrected chi connectivity index (χ2v) is 6.29. The van der Waals surface area contributed by atoms with Crippen LogP contribution in [0.25, 0.3) is 0 Å². The van der Waals surface area contributed by atoms with E-state index in [2.05, 4.69) is 32.0 Å². The van der Waals surface area contributed by atoms with Crippen LogP contribution in [0.4, 0.5) is 0 Å². The van der Waals surface area contributed by atoms with Gasteiger partial charge in [-0.25, -0.2) is 0 Å². The largest absolute Gasteiger partial charge is 0.381 e. The van der Waals surface area contributed by atoms with E-state index in [0.29, 0.717) is 5.41 Å². The van der Waals surface area contributed by atoms with Crippen LogP contribution in [0.2, 0.25) is 0 Å². The Morgan fingerprint density at radius 2 is 2.45 bits per heavy atom. The third-order valence-corrected chi connectivity index (χ3v) is 4.90. The maximum absolute atomic E-state index is 5.58. The van der Waals surface area contributed by atoms with Crippen LogP contribution in [-0.2, 0) is 11.3 Å². The van der Waals surface area contributed by atoms with Gasteiger partial charge in [0.05, 0.1) is 6.61 Å². The minimum atomic E-state index is 0. The summed E-state index contributed by atoms with van der Waals surface area (Å²) in [5, 5.41) is 7.75. The molecule has 0 aromatic carbocycles. The third-order valence-electron chi connectivity index (χ3n) is 4.17. The average Bonchev–Trinajstić information content (AvgIpc) is 3.15. The second kappa shape index (κ2) is 7.09. The SMILES string of the molecule is CN=C(NCc1ccsc1)N1CCC2(CCOC2)C1.I. The molecular weight excluding hydrogens is 385 g/mol. The number of nitrogens with one attached hydrogen (secondary N) is 1. The average molecular weight is 407 g/mol. The summed E-state index contributed by atoms with van der Waals surface area (Å²) < 4.78 is 5.58. The predicted molar refractivity (Wildman–Crippen MR) is 94.0 cm³/mol. The lowest BCUT2D eigenvalue weighted by Crippen LogP contribution is -2.41. The molecule has 6 heteroatoms. The molecule has 1 spiro atoms. The van der Waals surface area contributed by atoms with Gasteiger partial charge in [0.25, 0.3) is 0 Å². The Balaban J connectivity index is 0.00000147. The van der Waals surface area contributed by atoms with Gasteiger partial charge in [-0.05, 0) is 35.2 Å². The summed E-state index contributed by atoms with van der Waals surface area (Å²) in [5.74, 6) is 1.02. The molecule has 3 rings (SSSR count). The molecule has 2 saturated heterocycles. The standard InChI is InChI=1S/C14H21N3OS.HI/c1-15-13(16-8-12-2-7-19-9-12)17-5-3-14(10-17)4-6-18-11-14;/h2,7,9H,3-6,8,10-11H2,1H3,(H,15,16);1H. The molecule has 112 valence electrons. The van der Waals surface area contributed by atoms with E-state index >= 15 is 0 Å². The first kappa shape index (κ1) is 16.0. The van der Waals surface area contributed by atoms with Crippen molar-refractivity contribution in [3.8, 4) is 0 Å². The van der Waals surface area contributed by atoms with Crippen molar-refractivity contribution in [2.45, 2.75) is 19.4 Å². The fraction of sp³-hybridized carbons (Fsp3) is 0.643. The fourth-order valence-corrected chi connectivity index (χ4v) is 3.66.